The minimum absolute atomic E-state index is 0.0103. The van der Waals surface area contributed by atoms with Crippen LogP contribution >= 0.6 is 0 Å². The molecule has 1 rings (SSSR count). The molecule has 9 heteroatoms. The van der Waals surface area contributed by atoms with Crippen molar-refractivity contribution in [3.63, 3.8) is 0 Å². The van der Waals surface area contributed by atoms with Gasteiger partial charge >= 0.3 is 5.97 Å². The third kappa shape index (κ3) is 4.78. The van der Waals surface area contributed by atoms with E-state index in [-0.39, 0.29) is 11.5 Å². The minimum atomic E-state index is -2.13. The number of ether oxygens (including phenoxy) is 3. The molecule has 0 spiro atoms. The van der Waals surface area contributed by atoms with E-state index in [0.29, 0.717) is 5.75 Å². The Morgan fingerprint density at radius 1 is 1.04 bits per heavy atom. The van der Waals surface area contributed by atoms with Crippen molar-refractivity contribution in [2.75, 3.05) is 20.8 Å². The highest BCUT2D eigenvalue weighted by Gasteiger charge is 2.35. The summed E-state index contributed by atoms with van der Waals surface area (Å²) < 4.78 is 14.9. The van der Waals surface area contributed by atoms with E-state index in [4.69, 9.17) is 19.3 Å². The summed E-state index contributed by atoms with van der Waals surface area (Å²) >= 11 is 0. The topological polar surface area (TPSA) is 146 Å². The van der Waals surface area contributed by atoms with Crippen LogP contribution in [0.1, 0.15) is 0 Å². The average molecular weight is 332 g/mol. The second-order valence-electron chi connectivity index (χ2n) is 4.61. The van der Waals surface area contributed by atoms with E-state index in [9.17, 15) is 25.2 Å². The summed E-state index contributed by atoms with van der Waals surface area (Å²) in [7, 11) is 2.81. The van der Waals surface area contributed by atoms with E-state index in [0.717, 1.165) is 0 Å². The summed E-state index contributed by atoms with van der Waals surface area (Å²) in [5, 5.41) is 46.6. The predicted molar refractivity (Wildman–Crippen MR) is 76.3 cm³/mol. The quantitative estimate of drug-likeness (QED) is 0.271. The van der Waals surface area contributed by atoms with Crippen LogP contribution in [0.25, 0.3) is 0 Å². The molecule has 0 heterocycles. The molecule has 0 saturated carbocycles. The first-order chi connectivity index (χ1) is 10.8. The Hall–Kier alpha value is -1.91. The van der Waals surface area contributed by atoms with E-state index in [2.05, 4.69) is 0 Å². The number of carbonyl (C=O) groups is 1. The van der Waals surface area contributed by atoms with Crippen LogP contribution in [0.4, 0.5) is 0 Å². The number of benzene rings is 1. The minimum Gasteiger partial charge on any atom is -0.493 e. The van der Waals surface area contributed by atoms with Crippen LogP contribution in [0.5, 0.6) is 17.2 Å². The number of hydrogen-bond donors (Lipinski definition) is 5. The largest absolute Gasteiger partial charge is 0.493 e. The number of carbonyl (C=O) groups excluding carboxylic acids is 1. The summed E-state index contributed by atoms with van der Waals surface area (Å²) in [6.45, 7) is -0.852. The van der Waals surface area contributed by atoms with Crippen molar-refractivity contribution in [2.45, 2.75) is 24.4 Å². The SMILES string of the molecule is COc1ccc(OC(=O)[C@H](O)[C@@H](O)[C@H](O)[C@H](O)CO)cc1OC. The van der Waals surface area contributed by atoms with Crippen LogP contribution < -0.4 is 14.2 Å². The fourth-order valence-corrected chi connectivity index (χ4v) is 1.72. The smallest absolute Gasteiger partial charge is 0.343 e. The van der Waals surface area contributed by atoms with Crippen molar-refractivity contribution in [2.24, 2.45) is 0 Å². The number of methoxy groups -OCH3 is 2. The maximum absolute atomic E-state index is 11.8. The van der Waals surface area contributed by atoms with Gasteiger partial charge in [-0.25, -0.2) is 4.79 Å². The van der Waals surface area contributed by atoms with Crippen molar-refractivity contribution >= 4 is 5.97 Å². The van der Waals surface area contributed by atoms with E-state index < -0.39 is 37.0 Å². The monoisotopic (exact) mass is 332 g/mol. The van der Waals surface area contributed by atoms with Gasteiger partial charge in [0.05, 0.1) is 20.8 Å². The Morgan fingerprint density at radius 3 is 2.17 bits per heavy atom. The van der Waals surface area contributed by atoms with Gasteiger partial charge in [0.15, 0.2) is 17.6 Å². The molecule has 5 N–H and O–H groups in total. The maximum atomic E-state index is 11.8. The highest BCUT2D eigenvalue weighted by molar-refractivity contribution is 5.78. The van der Waals surface area contributed by atoms with E-state index in [1.165, 1.54) is 32.4 Å². The molecule has 0 bridgehead atoms. The summed E-state index contributed by atoms with van der Waals surface area (Å²) in [6, 6.07) is 4.17. The Labute approximate surface area is 132 Å². The average Bonchev–Trinajstić information content (AvgIpc) is 2.58. The Balaban J connectivity index is 2.78. The molecule has 0 aromatic heterocycles. The number of aliphatic hydroxyl groups excluding tert-OH is 5. The molecule has 1 aromatic carbocycles. The molecule has 0 aliphatic rings. The lowest BCUT2D eigenvalue weighted by molar-refractivity contribution is -0.161. The third-order valence-electron chi connectivity index (χ3n) is 3.07. The molecule has 0 aliphatic carbocycles. The number of hydrogen-bond acceptors (Lipinski definition) is 9. The molecular formula is C14H20O9. The van der Waals surface area contributed by atoms with Crippen LogP contribution in [-0.2, 0) is 4.79 Å². The van der Waals surface area contributed by atoms with Crippen LogP contribution in [0.3, 0.4) is 0 Å². The zero-order chi connectivity index (χ0) is 17.6. The second kappa shape index (κ2) is 8.65. The summed E-state index contributed by atoms with van der Waals surface area (Å²) in [4.78, 5) is 11.8. The van der Waals surface area contributed by atoms with Gasteiger partial charge in [0.25, 0.3) is 0 Å². The highest BCUT2D eigenvalue weighted by Crippen LogP contribution is 2.31. The molecule has 0 unspecified atom stereocenters. The van der Waals surface area contributed by atoms with Gasteiger partial charge in [-0.2, -0.15) is 0 Å². The van der Waals surface area contributed by atoms with Gasteiger partial charge in [0.2, 0.25) is 0 Å². The number of aliphatic hydroxyl groups is 5. The molecule has 23 heavy (non-hydrogen) atoms. The van der Waals surface area contributed by atoms with Gasteiger partial charge < -0.3 is 39.7 Å². The summed E-state index contributed by atoms with van der Waals surface area (Å²) in [6.07, 6.45) is -7.80. The van der Waals surface area contributed by atoms with Gasteiger partial charge in [0, 0.05) is 6.07 Å². The third-order valence-corrected chi connectivity index (χ3v) is 3.07. The standard InChI is InChI=1S/C14H20O9/c1-21-9-4-3-7(5-10(9)22-2)23-14(20)13(19)12(18)11(17)8(16)6-15/h3-5,8,11-13,15-19H,6H2,1-2H3/t8-,11-,12+,13-/m1/s1. The van der Waals surface area contributed by atoms with E-state index >= 15 is 0 Å². The van der Waals surface area contributed by atoms with Crippen molar-refractivity contribution in [3.05, 3.63) is 18.2 Å². The lowest BCUT2D eigenvalue weighted by Gasteiger charge is -2.24. The number of rotatable bonds is 8. The zero-order valence-corrected chi connectivity index (χ0v) is 12.6. The first-order valence-electron chi connectivity index (χ1n) is 6.62. The molecule has 0 radical (unpaired) electrons. The zero-order valence-electron chi connectivity index (χ0n) is 12.6. The summed E-state index contributed by atoms with van der Waals surface area (Å²) in [5.74, 6) is -0.567. The molecule has 130 valence electrons. The molecule has 0 aliphatic heterocycles. The molecule has 9 nitrogen and oxygen atoms in total. The molecule has 4 atom stereocenters. The fourth-order valence-electron chi connectivity index (χ4n) is 1.72. The maximum Gasteiger partial charge on any atom is 0.343 e. The molecule has 0 amide bonds. The van der Waals surface area contributed by atoms with Crippen LogP contribution in [0, 0.1) is 0 Å². The lowest BCUT2D eigenvalue weighted by Crippen LogP contribution is -2.49. The van der Waals surface area contributed by atoms with Gasteiger partial charge in [-0.3, -0.25) is 0 Å². The van der Waals surface area contributed by atoms with Crippen molar-refractivity contribution in [3.8, 4) is 17.2 Å². The van der Waals surface area contributed by atoms with Gasteiger partial charge in [-0.15, -0.1) is 0 Å². The first kappa shape index (κ1) is 19.1. The van der Waals surface area contributed by atoms with Crippen molar-refractivity contribution in [1.82, 2.24) is 0 Å². The molecule has 0 fully saturated rings. The van der Waals surface area contributed by atoms with Gasteiger partial charge in [-0.05, 0) is 12.1 Å². The van der Waals surface area contributed by atoms with Crippen molar-refractivity contribution < 1.29 is 44.5 Å². The first-order valence-corrected chi connectivity index (χ1v) is 6.62. The Morgan fingerprint density at radius 2 is 1.65 bits per heavy atom. The summed E-state index contributed by atoms with van der Waals surface area (Å²) in [5.41, 5.74) is 0. The van der Waals surface area contributed by atoms with Gasteiger partial charge in [-0.1, -0.05) is 0 Å². The van der Waals surface area contributed by atoms with Crippen molar-refractivity contribution in [1.29, 1.82) is 0 Å². The normalized spacial score (nSPS) is 16.1. The Bertz CT molecular complexity index is 519. The van der Waals surface area contributed by atoms with E-state index in [1.54, 1.807) is 0 Å². The fraction of sp³-hybridized carbons (Fsp3) is 0.500. The highest BCUT2D eigenvalue weighted by atomic mass is 16.6. The van der Waals surface area contributed by atoms with E-state index in [1.807, 2.05) is 0 Å². The second-order valence-corrected chi connectivity index (χ2v) is 4.61. The Kier molecular flexibility index (Phi) is 7.20. The van der Waals surface area contributed by atoms with Crippen LogP contribution in [-0.4, -0.2) is 76.7 Å². The van der Waals surface area contributed by atoms with Crippen LogP contribution in [0.15, 0.2) is 18.2 Å². The van der Waals surface area contributed by atoms with Gasteiger partial charge in [0.1, 0.15) is 24.1 Å². The molecule has 0 saturated heterocycles. The molecule has 1 aromatic rings. The van der Waals surface area contributed by atoms with Crippen LogP contribution in [0.2, 0.25) is 0 Å². The lowest BCUT2D eigenvalue weighted by atomic mass is 10.0. The number of esters is 1. The predicted octanol–water partition coefficient (Wildman–Crippen LogP) is -1.95. The molecular weight excluding hydrogens is 312 g/mol.